The van der Waals surface area contributed by atoms with Gasteiger partial charge in [0.25, 0.3) is 5.91 Å². The molecule has 1 aromatic rings. The highest BCUT2D eigenvalue weighted by molar-refractivity contribution is 7.17. The third-order valence-electron chi connectivity index (χ3n) is 1.17. The SMILES string of the molecule is CNC(=O)c1cnc(NC)s1. The Morgan fingerprint density at radius 3 is 2.82 bits per heavy atom. The molecule has 1 amide bonds. The molecule has 0 aromatic carbocycles. The van der Waals surface area contributed by atoms with E-state index in [0.717, 1.165) is 5.13 Å². The Hall–Kier alpha value is -1.10. The first-order valence-electron chi connectivity index (χ1n) is 3.13. The van der Waals surface area contributed by atoms with Crippen molar-refractivity contribution in [3.8, 4) is 0 Å². The fraction of sp³-hybridized carbons (Fsp3) is 0.333. The zero-order chi connectivity index (χ0) is 8.27. The lowest BCUT2D eigenvalue weighted by atomic mass is 10.5. The molecule has 1 heterocycles. The van der Waals surface area contributed by atoms with Gasteiger partial charge in [-0.25, -0.2) is 4.98 Å². The highest BCUT2D eigenvalue weighted by Gasteiger charge is 2.06. The number of aromatic nitrogens is 1. The van der Waals surface area contributed by atoms with Gasteiger partial charge in [0.15, 0.2) is 5.13 Å². The van der Waals surface area contributed by atoms with Gasteiger partial charge in [0, 0.05) is 14.1 Å². The molecule has 0 saturated carbocycles. The molecule has 0 radical (unpaired) electrons. The molecule has 11 heavy (non-hydrogen) atoms. The van der Waals surface area contributed by atoms with Crippen molar-refractivity contribution in [1.29, 1.82) is 0 Å². The van der Waals surface area contributed by atoms with E-state index in [9.17, 15) is 4.79 Å². The molecule has 4 nitrogen and oxygen atoms in total. The normalized spacial score (nSPS) is 9.27. The first kappa shape index (κ1) is 8.00. The summed E-state index contributed by atoms with van der Waals surface area (Å²) < 4.78 is 0. The maximum atomic E-state index is 11.0. The Morgan fingerprint density at radius 1 is 1.64 bits per heavy atom. The molecule has 0 saturated heterocycles. The van der Waals surface area contributed by atoms with Crippen LogP contribution in [0.5, 0.6) is 0 Å². The Balaban J connectivity index is 2.80. The number of amides is 1. The maximum absolute atomic E-state index is 11.0. The molecule has 60 valence electrons. The van der Waals surface area contributed by atoms with Crippen molar-refractivity contribution in [2.24, 2.45) is 0 Å². The number of nitrogens with one attached hydrogen (secondary N) is 2. The summed E-state index contributed by atoms with van der Waals surface area (Å²) >= 11 is 1.33. The number of carbonyl (C=O) groups excluding carboxylic acids is 1. The van der Waals surface area contributed by atoms with E-state index in [1.165, 1.54) is 11.3 Å². The minimum Gasteiger partial charge on any atom is -0.365 e. The zero-order valence-electron chi connectivity index (χ0n) is 6.34. The van der Waals surface area contributed by atoms with Crippen LogP contribution in [0, 0.1) is 0 Å². The molecular formula is C6H9N3OS. The number of nitrogens with zero attached hydrogens (tertiary/aromatic N) is 1. The third-order valence-corrected chi connectivity index (χ3v) is 2.18. The summed E-state index contributed by atoms with van der Waals surface area (Å²) in [5.74, 6) is -0.0935. The summed E-state index contributed by atoms with van der Waals surface area (Å²) in [4.78, 5) is 15.5. The molecule has 0 bridgehead atoms. The second kappa shape index (κ2) is 3.34. The zero-order valence-corrected chi connectivity index (χ0v) is 7.16. The predicted molar refractivity (Wildman–Crippen MR) is 45.1 cm³/mol. The second-order valence-corrected chi connectivity index (χ2v) is 2.89. The third kappa shape index (κ3) is 1.68. The lowest BCUT2D eigenvalue weighted by molar-refractivity contribution is 0.0967. The van der Waals surface area contributed by atoms with E-state index in [-0.39, 0.29) is 5.91 Å². The topological polar surface area (TPSA) is 54.0 Å². The van der Waals surface area contributed by atoms with E-state index in [4.69, 9.17) is 0 Å². The molecule has 0 fully saturated rings. The summed E-state index contributed by atoms with van der Waals surface area (Å²) in [6.45, 7) is 0. The summed E-state index contributed by atoms with van der Waals surface area (Å²) in [6, 6.07) is 0. The molecule has 0 aliphatic rings. The Bertz CT molecular complexity index is 258. The Labute approximate surface area is 68.6 Å². The minimum absolute atomic E-state index is 0.0935. The molecule has 1 aromatic heterocycles. The fourth-order valence-electron chi connectivity index (χ4n) is 0.618. The summed E-state index contributed by atoms with van der Waals surface area (Å²) in [7, 11) is 3.37. The van der Waals surface area contributed by atoms with Crippen molar-refractivity contribution in [3.05, 3.63) is 11.1 Å². The van der Waals surface area contributed by atoms with Crippen LogP contribution in [0.4, 0.5) is 5.13 Å². The van der Waals surface area contributed by atoms with E-state index in [1.807, 2.05) is 0 Å². The van der Waals surface area contributed by atoms with Crippen LogP contribution in [-0.4, -0.2) is 25.0 Å². The van der Waals surface area contributed by atoms with Crippen LogP contribution < -0.4 is 10.6 Å². The Kier molecular flexibility index (Phi) is 2.43. The van der Waals surface area contributed by atoms with E-state index in [0.29, 0.717) is 4.88 Å². The second-order valence-electron chi connectivity index (χ2n) is 1.86. The van der Waals surface area contributed by atoms with Gasteiger partial charge in [-0.15, -0.1) is 0 Å². The van der Waals surface area contributed by atoms with Crippen molar-refractivity contribution in [1.82, 2.24) is 10.3 Å². The number of carbonyl (C=O) groups is 1. The molecule has 0 spiro atoms. The van der Waals surface area contributed by atoms with Crippen molar-refractivity contribution < 1.29 is 4.79 Å². The van der Waals surface area contributed by atoms with E-state index < -0.39 is 0 Å². The van der Waals surface area contributed by atoms with Crippen molar-refractivity contribution >= 4 is 22.4 Å². The fourth-order valence-corrected chi connectivity index (χ4v) is 1.33. The van der Waals surface area contributed by atoms with Crippen molar-refractivity contribution in [2.75, 3.05) is 19.4 Å². The molecule has 0 atom stereocenters. The van der Waals surface area contributed by atoms with E-state index >= 15 is 0 Å². The average Bonchev–Trinajstić information content (AvgIpc) is 2.50. The van der Waals surface area contributed by atoms with Crippen molar-refractivity contribution in [2.45, 2.75) is 0 Å². The molecular weight excluding hydrogens is 162 g/mol. The van der Waals surface area contributed by atoms with Crippen LogP contribution in [0.15, 0.2) is 6.20 Å². The van der Waals surface area contributed by atoms with Crippen LogP contribution >= 0.6 is 11.3 Å². The lowest BCUT2D eigenvalue weighted by Gasteiger charge is -1.91. The summed E-state index contributed by atoms with van der Waals surface area (Å²) in [5, 5.41) is 6.13. The van der Waals surface area contributed by atoms with Gasteiger partial charge in [-0.2, -0.15) is 0 Å². The van der Waals surface area contributed by atoms with E-state index in [2.05, 4.69) is 15.6 Å². The summed E-state index contributed by atoms with van der Waals surface area (Å²) in [6.07, 6.45) is 1.55. The quantitative estimate of drug-likeness (QED) is 0.683. The minimum atomic E-state index is -0.0935. The number of rotatable bonds is 2. The smallest absolute Gasteiger partial charge is 0.262 e. The van der Waals surface area contributed by atoms with E-state index in [1.54, 1.807) is 20.3 Å². The van der Waals surface area contributed by atoms with Crippen LogP contribution in [-0.2, 0) is 0 Å². The van der Waals surface area contributed by atoms with Gasteiger partial charge in [0.1, 0.15) is 4.88 Å². The van der Waals surface area contributed by atoms with Crippen LogP contribution in [0.1, 0.15) is 9.67 Å². The standard InChI is InChI=1S/C6H9N3OS/c1-7-5(10)4-3-9-6(8-2)11-4/h3H,1-2H3,(H,7,10)(H,8,9). The average molecular weight is 171 g/mol. The van der Waals surface area contributed by atoms with Crippen molar-refractivity contribution in [3.63, 3.8) is 0 Å². The molecule has 0 aliphatic carbocycles. The van der Waals surface area contributed by atoms with Gasteiger partial charge in [-0.1, -0.05) is 11.3 Å². The monoisotopic (exact) mass is 171 g/mol. The molecule has 1 rings (SSSR count). The molecule has 5 heteroatoms. The number of hydrogen-bond donors (Lipinski definition) is 2. The highest BCUT2D eigenvalue weighted by atomic mass is 32.1. The van der Waals surface area contributed by atoms with Crippen LogP contribution in [0.25, 0.3) is 0 Å². The first-order valence-corrected chi connectivity index (χ1v) is 3.95. The largest absolute Gasteiger partial charge is 0.365 e. The van der Waals surface area contributed by atoms with Gasteiger partial charge >= 0.3 is 0 Å². The van der Waals surface area contributed by atoms with Crippen LogP contribution in [0.3, 0.4) is 0 Å². The molecule has 2 N–H and O–H groups in total. The molecule has 0 aliphatic heterocycles. The van der Waals surface area contributed by atoms with Crippen LogP contribution in [0.2, 0.25) is 0 Å². The predicted octanol–water partition coefficient (Wildman–Crippen LogP) is 0.544. The first-order chi connectivity index (χ1) is 5.27. The lowest BCUT2D eigenvalue weighted by Crippen LogP contribution is -2.16. The number of hydrogen-bond acceptors (Lipinski definition) is 4. The number of thiazole rings is 1. The molecule has 0 unspecified atom stereocenters. The highest BCUT2D eigenvalue weighted by Crippen LogP contribution is 2.16. The van der Waals surface area contributed by atoms with Gasteiger partial charge < -0.3 is 10.6 Å². The maximum Gasteiger partial charge on any atom is 0.262 e. The van der Waals surface area contributed by atoms with Gasteiger partial charge in [-0.05, 0) is 0 Å². The van der Waals surface area contributed by atoms with Gasteiger partial charge in [-0.3, -0.25) is 4.79 Å². The van der Waals surface area contributed by atoms with Gasteiger partial charge in [0.05, 0.1) is 6.20 Å². The summed E-state index contributed by atoms with van der Waals surface area (Å²) in [5.41, 5.74) is 0. The Morgan fingerprint density at radius 2 is 2.36 bits per heavy atom. The van der Waals surface area contributed by atoms with Gasteiger partial charge in [0.2, 0.25) is 0 Å². The number of anilines is 1.